The zero-order valence-electron chi connectivity index (χ0n) is 1.72. The largest absolute Gasteiger partial charge is 4.00 e. The van der Waals surface area contributed by atoms with Crippen molar-refractivity contribution in [1.82, 2.24) is 0 Å². The Balaban J connectivity index is 0. The molecule has 4 heteroatoms. The molecule has 0 aromatic heterocycles. The molecular formula is CrO2Ti+3. The topological polar surface area (TPSA) is 57.0 Å². The Hall–Kier alpha value is 1.17. The first-order valence-corrected chi connectivity index (χ1v) is 0. The van der Waals surface area contributed by atoms with Crippen LogP contribution in [0.4, 0.5) is 0 Å². The molecule has 0 amide bonds. The molecule has 4 heavy (non-hydrogen) atoms. The maximum absolute atomic E-state index is 0. The first-order chi connectivity index (χ1) is 0. The molecule has 0 N–H and O–H groups in total. The molecule has 0 aliphatic carbocycles. The van der Waals surface area contributed by atoms with Crippen molar-refractivity contribution in [2.75, 3.05) is 0 Å². The maximum atomic E-state index is 0. The van der Waals surface area contributed by atoms with Gasteiger partial charge in [-0.3, -0.25) is 0 Å². The van der Waals surface area contributed by atoms with Crippen LogP contribution in [0.25, 0.3) is 0 Å². The average molecular weight is 132 g/mol. The molecule has 1 radical (unpaired) electrons. The van der Waals surface area contributed by atoms with Gasteiger partial charge >= 0.3 is 39.1 Å². The van der Waals surface area contributed by atoms with Gasteiger partial charge in [0.2, 0.25) is 0 Å². The third-order valence-electron chi connectivity index (χ3n) is 0. The Bertz CT molecular complexity index is 6.00. The Morgan fingerprint density at radius 2 is 0.750 bits per heavy atom. The third kappa shape index (κ3) is 10.9. The minimum Gasteiger partial charge on any atom is -2.00 e. The van der Waals surface area contributed by atoms with Crippen LogP contribution in [-0.2, 0) is 50.0 Å². The molecular weight excluding hydrogens is 132 g/mol. The van der Waals surface area contributed by atoms with Gasteiger partial charge in [-0.2, -0.15) is 0 Å². The molecule has 19 valence electrons. The van der Waals surface area contributed by atoms with Crippen molar-refractivity contribution in [3.63, 3.8) is 0 Å². The third-order valence-corrected chi connectivity index (χ3v) is 0. The van der Waals surface area contributed by atoms with E-state index in [1.807, 2.05) is 0 Å². The Morgan fingerprint density at radius 3 is 0.750 bits per heavy atom. The van der Waals surface area contributed by atoms with Gasteiger partial charge in [0.1, 0.15) is 0 Å². The van der Waals surface area contributed by atoms with Crippen molar-refractivity contribution in [3.8, 4) is 0 Å². The quantitative estimate of drug-likeness (QED) is 0.408. The average Bonchev–Trinajstić information content (AvgIpc) is 0. The second-order valence-corrected chi connectivity index (χ2v) is 0. The zero-order valence-corrected chi connectivity index (χ0v) is 4.56. The van der Waals surface area contributed by atoms with E-state index in [2.05, 4.69) is 0 Å². The smallest absolute Gasteiger partial charge is 2.00 e. The molecule has 0 aliphatic rings. The van der Waals surface area contributed by atoms with Crippen molar-refractivity contribution in [2.45, 2.75) is 0 Å². The van der Waals surface area contributed by atoms with Gasteiger partial charge in [-0.15, -0.1) is 0 Å². The summed E-state index contributed by atoms with van der Waals surface area (Å²) in [5.74, 6) is 0. The van der Waals surface area contributed by atoms with Gasteiger partial charge in [0.15, 0.2) is 0 Å². The van der Waals surface area contributed by atoms with Crippen LogP contribution >= 0.6 is 0 Å². The minimum absolute atomic E-state index is 0. The molecule has 0 unspecified atom stereocenters. The first-order valence-electron chi connectivity index (χ1n) is 0. The molecule has 2 nitrogen and oxygen atoms in total. The summed E-state index contributed by atoms with van der Waals surface area (Å²) in [6.45, 7) is 0. The van der Waals surface area contributed by atoms with Gasteiger partial charge in [0, 0.05) is 0 Å². The van der Waals surface area contributed by atoms with Crippen molar-refractivity contribution < 1.29 is 50.0 Å². The van der Waals surface area contributed by atoms with E-state index >= 15 is 0 Å². The van der Waals surface area contributed by atoms with E-state index in [4.69, 9.17) is 0 Å². The fraction of sp³-hybridized carbons (Fsp3) is 0. The van der Waals surface area contributed by atoms with Crippen LogP contribution in [-0.4, -0.2) is 0 Å². The van der Waals surface area contributed by atoms with E-state index in [-0.39, 0.29) is 50.0 Å². The van der Waals surface area contributed by atoms with Crippen molar-refractivity contribution in [1.29, 1.82) is 0 Å². The number of hydrogen-bond donors (Lipinski definition) is 0. The summed E-state index contributed by atoms with van der Waals surface area (Å²) in [6.07, 6.45) is 0. The number of hydrogen-bond acceptors (Lipinski definition) is 0. The SMILES string of the molecule is [Cr+3].[O-2].[O-2].[Ti+4]. The van der Waals surface area contributed by atoms with Gasteiger partial charge in [0.05, 0.1) is 0 Å². The van der Waals surface area contributed by atoms with Gasteiger partial charge < -0.3 is 11.0 Å². The maximum Gasteiger partial charge on any atom is 4.00 e. The van der Waals surface area contributed by atoms with Crippen LogP contribution in [0.3, 0.4) is 0 Å². The van der Waals surface area contributed by atoms with Crippen LogP contribution in [0.5, 0.6) is 0 Å². The molecule has 0 heterocycles. The van der Waals surface area contributed by atoms with E-state index in [1.165, 1.54) is 0 Å². The molecule has 0 aromatic carbocycles. The van der Waals surface area contributed by atoms with E-state index in [1.54, 1.807) is 0 Å². The first kappa shape index (κ1) is 65.9. The molecule has 0 rings (SSSR count). The summed E-state index contributed by atoms with van der Waals surface area (Å²) in [6, 6.07) is 0. The van der Waals surface area contributed by atoms with Crippen LogP contribution < -0.4 is 0 Å². The van der Waals surface area contributed by atoms with E-state index in [0.717, 1.165) is 0 Å². The summed E-state index contributed by atoms with van der Waals surface area (Å²) in [5, 5.41) is 0. The summed E-state index contributed by atoms with van der Waals surface area (Å²) >= 11 is 0. The summed E-state index contributed by atoms with van der Waals surface area (Å²) in [5.41, 5.74) is 0. The van der Waals surface area contributed by atoms with E-state index in [9.17, 15) is 0 Å². The fourth-order valence-electron chi connectivity index (χ4n) is 0. The van der Waals surface area contributed by atoms with Gasteiger partial charge in [0.25, 0.3) is 0 Å². The monoisotopic (exact) mass is 132 g/mol. The van der Waals surface area contributed by atoms with Crippen molar-refractivity contribution in [2.24, 2.45) is 0 Å². The zero-order chi connectivity index (χ0) is 0. The Kier molecular flexibility index (Phi) is 506. The fourth-order valence-corrected chi connectivity index (χ4v) is 0. The van der Waals surface area contributed by atoms with Gasteiger partial charge in [-0.1, -0.05) is 0 Å². The van der Waals surface area contributed by atoms with E-state index in [0.29, 0.717) is 0 Å². The second-order valence-electron chi connectivity index (χ2n) is 0. The molecule has 0 fully saturated rings. The molecule has 0 spiro atoms. The summed E-state index contributed by atoms with van der Waals surface area (Å²) in [7, 11) is 0. The normalized spacial score (nSPS) is 0. The van der Waals surface area contributed by atoms with Crippen molar-refractivity contribution in [3.05, 3.63) is 0 Å². The van der Waals surface area contributed by atoms with Crippen molar-refractivity contribution >= 4 is 0 Å². The standard InChI is InChI=1S/Cr.2O.Ti/q+3;2*-2;+4. The summed E-state index contributed by atoms with van der Waals surface area (Å²) in [4.78, 5) is 0. The van der Waals surface area contributed by atoms with Gasteiger partial charge in [-0.05, 0) is 0 Å². The molecule has 0 aromatic rings. The van der Waals surface area contributed by atoms with Crippen LogP contribution in [0.15, 0.2) is 0 Å². The summed E-state index contributed by atoms with van der Waals surface area (Å²) < 4.78 is 0. The number of rotatable bonds is 0. The van der Waals surface area contributed by atoms with Gasteiger partial charge in [-0.25, -0.2) is 0 Å². The predicted octanol–water partition coefficient (Wildman–Crippen LogP) is -0.243. The minimum atomic E-state index is 0. The molecule has 0 saturated heterocycles. The second kappa shape index (κ2) is 30.7. The van der Waals surface area contributed by atoms with Crippen LogP contribution in [0.1, 0.15) is 0 Å². The molecule has 0 bridgehead atoms. The molecule has 0 aliphatic heterocycles. The Morgan fingerprint density at radius 1 is 0.750 bits per heavy atom. The predicted molar refractivity (Wildman–Crippen MR) is 1.37 cm³/mol. The van der Waals surface area contributed by atoms with E-state index < -0.39 is 0 Å². The Labute approximate surface area is 50.2 Å². The molecule has 0 saturated carbocycles. The molecule has 0 atom stereocenters. The van der Waals surface area contributed by atoms with Crippen LogP contribution in [0, 0.1) is 0 Å². The van der Waals surface area contributed by atoms with Crippen LogP contribution in [0.2, 0.25) is 0 Å².